The fourth-order valence-electron chi connectivity index (χ4n) is 3.27. The molecule has 2 aliphatic heterocycles. The second-order valence-electron chi connectivity index (χ2n) is 6.03. The van der Waals surface area contributed by atoms with Gasteiger partial charge in [-0.1, -0.05) is 0 Å². The summed E-state index contributed by atoms with van der Waals surface area (Å²) in [7, 11) is 0. The molecule has 2 saturated heterocycles. The minimum absolute atomic E-state index is 0.500. The van der Waals surface area contributed by atoms with Crippen molar-refractivity contribution in [2.75, 3.05) is 52.5 Å². The van der Waals surface area contributed by atoms with E-state index in [1.54, 1.807) is 0 Å². The Morgan fingerprint density at radius 2 is 1.94 bits per heavy atom. The van der Waals surface area contributed by atoms with Crippen LogP contribution < -0.4 is 5.73 Å². The van der Waals surface area contributed by atoms with Crippen LogP contribution in [-0.4, -0.2) is 68.3 Å². The second-order valence-corrected chi connectivity index (χ2v) is 6.03. The van der Waals surface area contributed by atoms with E-state index in [4.69, 9.17) is 10.5 Å². The van der Waals surface area contributed by atoms with Crippen LogP contribution in [0, 0.1) is 5.41 Å². The molecule has 3 rings (SSSR count). The third kappa shape index (κ3) is 2.65. The van der Waals surface area contributed by atoms with Gasteiger partial charge in [0.2, 0.25) is 0 Å². The predicted molar refractivity (Wildman–Crippen MR) is 68.0 cm³/mol. The summed E-state index contributed by atoms with van der Waals surface area (Å²) in [4.78, 5) is 5.26. The third-order valence-corrected chi connectivity index (χ3v) is 4.76. The van der Waals surface area contributed by atoms with Crippen molar-refractivity contribution in [3.8, 4) is 0 Å². The van der Waals surface area contributed by atoms with Gasteiger partial charge >= 0.3 is 0 Å². The van der Waals surface area contributed by atoms with Gasteiger partial charge in [-0.3, -0.25) is 4.90 Å². The van der Waals surface area contributed by atoms with Gasteiger partial charge in [-0.2, -0.15) is 0 Å². The summed E-state index contributed by atoms with van der Waals surface area (Å²) in [6.07, 6.45) is 4.03. The Bertz CT molecular complexity index is 261. The molecule has 1 atom stereocenters. The monoisotopic (exact) mass is 239 g/mol. The van der Waals surface area contributed by atoms with Crippen LogP contribution >= 0.6 is 0 Å². The van der Waals surface area contributed by atoms with Crippen molar-refractivity contribution in [3.05, 3.63) is 0 Å². The van der Waals surface area contributed by atoms with Gasteiger partial charge in [-0.15, -0.1) is 0 Å². The molecule has 4 heteroatoms. The zero-order chi connectivity index (χ0) is 11.7. The first kappa shape index (κ1) is 11.9. The van der Waals surface area contributed by atoms with Crippen molar-refractivity contribution < 1.29 is 4.74 Å². The molecule has 0 spiro atoms. The Kier molecular flexibility index (Phi) is 3.39. The smallest absolute Gasteiger partial charge is 0.0594 e. The number of nitrogens with zero attached hydrogens (tertiary/aromatic N) is 2. The maximum Gasteiger partial charge on any atom is 0.0594 e. The molecule has 0 aromatic heterocycles. The molecule has 4 nitrogen and oxygen atoms in total. The summed E-state index contributed by atoms with van der Waals surface area (Å²) in [6.45, 7) is 8.73. The first-order valence-electron chi connectivity index (χ1n) is 7.06. The minimum atomic E-state index is 0.500. The molecule has 3 aliphatic rings. The van der Waals surface area contributed by atoms with Crippen LogP contribution in [0.2, 0.25) is 0 Å². The Hall–Kier alpha value is -0.160. The van der Waals surface area contributed by atoms with Gasteiger partial charge in [0.05, 0.1) is 13.2 Å². The highest BCUT2D eigenvalue weighted by molar-refractivity contribution is 4.98. The number of ether oxygens (including phenoxy) is 1. The Morgan fingerprint density at radius 1 is 1.18 bits per heavy atom. The summed E-state index contributed by atoms with van der Waals surface area (Å²) in [5.74, 6) is 0. The maximum atomic E-state index is 5.87. The number of morpholine rings is 1. The van der Waals surface area contributed by atoms with E-state index in [0.29, 0.717) is 5.41 Å². The van der Waals surface area contributed by atoms with E-state index in [0.717, 1.165) is 38.9 Å². The normalized spacial score (nSPS) is 34.1. The number of likely N-dealkylation sites (tertiary alicyclic amines) is 1. The zero-order valence-corrected chi connectivity index (χ0v) is 10.7. The lowest BCUT2D eigenvalue weighted by atomic mass is 10.1. The van der Waals surface area contributed by atoms with Crippen molar-refractivity contribution in [2.24, 2.45) is 11.1 Å². The summed E-state index contributed by atoms with van der Waals surface area (Å²) >= 11 is 0. The van der Waals surface area contributed by atoms with Crippen LogP contribution in [0.25, 0.3) is 0 Å². The number of hydrogen-bond donors (Lipinski definition) is 1. The van der Waals surface area contributed by atoms with Gasteiger partial charge in [0.1, 0.15) is 0 Å². The van der Waals surface area contributed by atoms with Gasteiger partial charge in [-0.25, -0.2) is 0 Å². The highest BCUT2D eigenvalue weighted by Crippen LogP contribution is 2.45. The minimum Gasteiger partial charge on any atom is -0.379 e. The van der Waals surface area contributed by atoms with Crippen molar-refractivity contribution in [3.63, 3.8) is 0 Å². The summed E-state index contributed by atoms with van der Waals surface area (Å²) in [6, 6.07) is 0.771. The average molecular weight is 239 g/mol. The Balaban J connectivity index is 1.48. The first-order valence-corrected chi connectivity index (χ1v) is 7.06. The summed E-state index contributed by atoms with van der Waals surface area (Å²) in [5, 5.41) is 0. The van der Waals surface area contributed by atoms with E-state index in [9.17, 15) is 0 Å². The van der Waals surface area contributed by atoms with Crippen LogP contribution in [-0.2, 0) is 4.74 Å². The molecule has 2 heterocycles. The van der Waals surface area contributed by atoms with E-state index in [-0.39, 0.29) is 0 Å². The molecule has 0 aromatic carbocycles. The molecule has 2 N–H and O–H groups in total. The van der Waals surface area contributed by atoms with Crippen LogP contribution in [0.3, 0.4) is 0 Å². The Morgan fingerprint density at radius 3 is 2.59 bits per heavy atom. The lowest BCUT2D eigenvalue weighted by Crippen LogP contribution is -2.45. The maximum absolute atomic E-state index is 5.87. The van der Waals surface area contributed by atoms with Crippen LogP contribution in [0.5, 0.6) is 0 Å². The van der Waals surface area contributed by atoms with Crippen LogP contribution in [0.15, 0.2) is 0 Å². The molecule has 98 valence electrons. The highest BCUT2D eigenvalue weighted by atomic mass is 16.5. The van der Waals surface area contributed by atoms with Crippen molar-refractivity contribution >= 4 is 0 Å². The van der Waals surface area contributed by atoms with E-state index in [1.165, 1.54) is 38.9 Å². The SMILES string of the molecule is NCC1(CN2CCC(N3CCOCC3)C2)CC1. The predicted octanol–water partition coefficient (Wildman–Crippen LogP) is 0.132. The molecule has 0 radical (unpaired) electrons. The number of rotatable bonds is 4. The average Bonchev–Trinajstić information content (AvgIpc) is 3.00. The van der Waals surface area contributed by atoms with E-state index < -0.39 is 0 Å². The summed E-state index contributed by atoms with van der Waals surface area (Å²) < 4.78 is 5.42. The molecule has 17 heavy (non-hydrogen) atoms. The third-order valence-electron chi connectivity index (χ3n) is 4.76. The van der Waals surface area contributed by atoms with Crippen molar-refractivity contribution in [1.29, 1.82) is 0 Å². The molecule has 0 aromatic rings. The lowest BCUT2D eigenvalue weighted by Gasteiger charge is -2.32. The molecule has 1 saturated carbocycles. The van der Waals surface area contributed by atoms with E-state index in [1.807, 2.05) is 0 Å². The fourth-order valence-corrected chi connectivity index (χ4v) is 3.27. The standard InChI is InChI=1S/C13H25N3O/c14-10-13(2-3-13)11-15-4-1-12(9-15)16-5-7-17-8-6-16/h12H,1-11,14H2. The molecule has 1 unspecified atom stereocenters. The molecular formula is C13H25N3O. The quantitative estimate of drug-likeness (QED) is 0.757. The van der Waals surface area contributed by atoms with Gasteiger partial charge in [-0.05, 0) is 37.8 Å². The number of nitrogens with two attached hydrogens (primary N) is 1. The second kappa shape index (κ2) is 4.84. The molecular weight excluding hydrogens is 214 g/mol. The highest BCUT2D eigenvalue weighted by Gasteiger charge is 2.43. The molecule has 3 fully saturated rings. The Labute approximate surface area is 104 Å². The van der Waals surface area contributed by atoms with E-state index in [2.05, 4.69) is 9.80 Å². The first-order chi connectivity index (χ1) is 8.31. The lowest BCUT2D eigenvalue weighted by molar-refractivity contribution is 0.0182. The molecule has 1 aliphatic carbocycles. The van der Waals surface area contributed by atoms with Crippen LogP contribution in [0.4, 0.5) is 0 Å². The molecule has 0 amide bonds. The zero-order valence-electron chi connectivity index (χ0n) is 10.7. The van der Waals surface area contributed by atoms with Crippen LogP contribution in [0.1, 0.15) is 19.3 Å². The van der Waals surface area contributed by atoms with Crippen molar-refractivity contribution in [1.82, 2.24) is 9.80 Å². The largest absolute Gasteiger partial charge is 0.379 e. The molecule has 0 bridgehead atoms. The van der Waals surface area contributed by atoms with E-state index >= 15 is 0 Å². The van der Waals surface area contributed by atoms with Crippen molar-refractivity contribution in [2.45, 2.75) is 25.3 Å². The summed E-state index contributed by atoms with van der Waals surface area (Å²) in [5.41, 5.74) is 6.37. The fraction of sp³-hybridized carbons (Fsp3) is 1.00. The number of hydrogen-bond acceptors (Lipinski definition) is 4. The van der Waals surface area contributed by atoms with Gasteiger partial charge < -0.3 is 15.4 Å². The van der Waals surface area contributed by atoms with Gasteiger partial charge in [0.15, 0.2) is 0 Å². The topological polar surface area (TPSA) is 41.7 Å². The van der Waals surface area contributed by atoms with Gasteiger partial charge in [0.25, 0.3) is 0 Å². The van der Waals surface area contributed by atoms with Gasteiger partial charge in [0, 0.05) is 32.2 Å².